The van der Waals surface area contributed by atoms with E-state index in [0.717, 1.165) is 5.76 Å². The fraction of sp³-hybridized carbons (Fsp3) is 0.714. The van der Waals surface area contributed by atoms with Crippen LogP contribution in [0.4, 0.5) is 0 Å². The molecular weight excluding hydrogens is 198 g/mol. The number of furan rings is 1. The van der Waals surface area contributed by atoms with Gasteiger partial charge in [0.2, 0.25) is 0 Å². The molecule has 90 valence electrons. The number of hydrogen-bond acceptors (Lipinski definition) is 2. The van der Waals surface area contributed by atoms with Crippen molar-refractivity contribution in [2.45, 2.75) is 58.5 Å². The van der Waals surface area contributed by atoms with Crippen molar-refractivity contribution in [3.05, 3.63) is 24.2 Å². The van der Waals surface area contributed by atoms with Crippen molar-refractivity contribution in [1.82, 2.24) is 5.32 Å². The van der Waals surface area contributed by atoms with Gasteiger partial charge in [0.25, 0.3) is 0 Å². The summed E-state index contributed by atoms with van der Waals surface area (Å²) >= 11 is 0. The summed E-state index contributed by atoms with van der Waals surface area (Å²) in [6.07, 6.45) is 7.03. The van der Waals surface area contributed by atoms with Crippen molar-refractivity contribution in [2.24, 2.45) is 5.41 Å². The third-order valence-corrected chi connectivity index (χ3v) is 3.66. The first kappa shape index (κ1) is 11.7. The zero-order valence-electron chi connectivity index (χ0n) is 10.6. The predicted octanol–water partition coefficient (Wildman–Crippen LogP) is 3.90. The quantitative estimate of drug-likeness (QED) is 0.837. The van der Waals surface area contributed by atoms with Gasteiger partial charge in [0.1, 0.15) is 5.76 Å². The maximum absolute atomic E-state index is 5.43. The lowest BCUT2D eigenvalue weighted by atomic mass is 9.75. The first-order valence-electron chi connectivity index (χ1n) is 6.36. The Labute approximate surface area is 98.4 Å². The summed E-state index contributed by atoms with van der Waals surface area (Å²) in [6, 6.07) is 4.97. The minimum Gasteiger partial charge on any atom is -0.468 e. The van der Waals surface area contributed by atoms with Gasteiger partial charge in [0.15, 0.2) is 0 Å². The summed E-state index contributed by atoms with van der Waals surface area (Å²) in [7, 11) is 0. The molecule has 0 amide bonds. The molecule has 0 spiro atoms. The molecule has 16 heavy (non-hydrogen) atoms. The van der Waals surface area contributed by atoms with E-state index < -0.39 is 0 Å². The second kappa shape index (κ2) is 4.62. The van der Waals surface area contributed by atoms with Crippen LogP contribution < -0.4 is 5.32 Å². The van der Waals surface area contributed by atoms with Gasteiger partial charge in [-0.05, 0) is 43.7 Å². The molecule has 0 radical (unpaired) electrons. The molecule has 1 unspecified atom stereocenters. The SMILES string of the molecule is C[C@H](NC1CCCC(C)(C)C1)c1ccco1. The van der Waals surface area contributed by atoms with Gasteiger partial charge in [0.05, 0.1) is 12.3 Å². The predicted molar refractivity (Wildman–Crippen MR) is 66.3 cm³/mol. The smallest absolute Gasteiger partial charge is 0.120 e. The van der Waals surface area contributed by atoms with Crippen LogP contribution in [0.2, 0.25) is 0 Å². The second-order valence-electron chi connectivity index (χ2n) is 5.86. The fourth-order valence-corrected chi connectivity index (χ4v) is 2.81. The van der Waals surface area contributed by atoms with Gasteiger partial charge in [-0.15, -0.1) is 0 Å². The molecule has 1 heterocycles. The Bertz CT molecular complexity index is 315. The van der Waals surface area contributed by atoms with Crippen LogP contribution in [0.15, 0.2) is 22.8 Å². The van der Waals surface area contributed by atoms with Gasteiger partial charge >= 0.3 is 0 Å². The van der Waals surface area contributed by atoms with E-state index in [9.17, 15) is 0 Å². The maximum Gasteiger partial charge on any atom is 0.120 e. The van der Waals surface area contributed by atoms with Crippen LogP contribution >= 0.6 is 0 Å². The van der Waals surface area contributed by atoms with Crippen molar-refractivity contribution >= 4 is 0 Å². The topological polar surface area (TPSA) is 25.2 Å². The van der Waals surface area contributed by atoms with Gasteiger partial charge in [-0.3, -0.25) is 0 Å². The lowest BCUT2D eigenvalue weighted by Gasteiger charge is -2.36. The fourth-order valence-electron chi connectivity index (χ4n) is 2.81. The Balaban J connectivity index is 1.90. The van der Waals surface area contributed by atoms with Gasteiger partial charge in [0, 0.05) is 6.04 Å². The van der Waals surface area contributed by atoms with Gasteiger partial charge in [-0.25, -0.2) is 0 Å². The van der Waals surface area contributed by atoms with E-state index in [0.29, 0.717) is 17.5 Å². The number of hydrogen-bond donors (Lipinski definition) is 1. The first-order chi connectivity index (χ1) is 7.57. The van der Waals surface area contributed by atoms with E-state index in [1.165, 1.54) is 25.7 Å². The molecule has 1 saturated carbocycles. The van der Waals surface area contributed by atoms with E-state index in [1.54, 1.807) is 6.26 Å². The van der Waals surface area contributed by atoms with Crippen molar-refractivity contribution in [3.8, 4) is 0 Å². The minimum atomic E-state index is 0.328. The zero-order chi connectivity index (χ0) is 11.6. The monoisotopic (exact) mass is 221 g/mol. The van der Waals surface area contributed by atoms with Crippen LogP contribution in [0.3, 0.4) is 0 Å². The van der Waals surface area contributed by atoms with Gasteiger partial charge in [-0.2, -0.15) is 0 Å². The molecule has 0 saturated heterocycles. The zero-order valence-corrected chi connectivity index (χ0v) is 10.6. The molecule has 1 aliphatic carbocycles. The van der Waals surface area contributed by atoms with Crippen molar-refractivity contribution in [2.75, 3.05) is 0 Å². The molecule has 2 atom stereocenters. The number of nitrogens with one attached hydrogen (secondary N) is 1. The largest absolute Gasteiger partial charge is 0.468 e. The normalized spacial score (nSPS) is 26.6. The lowest BCUT2D eigenvalue weighted by molar-refractivity contribution is 0.187. The van der Waals surface area contributed by atoms with Crippen molar-refractivity contribution in [3.63, 3.8) is 0 Å². The summed E-state index contributed by atoms with van der Waals surface area (Å²) < 4.78 is 5.43. The summed E-state index contributed by atoms with van der Waals surface area (Å²) in [6.45, 7) is 6.93. The average Bonchev–Trinajstić information content (AvgIpc) is 2.68. The summed E-state index contributed by atoms with van der Waals surface area (Å²) in [4.78, 5) is 0. The van der Waals surface area contributed by atoms with Crippen LogP contribution in [0, 0.1) is 5.41 Å². The summed E-state index contributed by atoms with van der Waals surface area (Å²) in [5, 5.41) is 3.68. The van der Waals surface area contributed by atoms with Crippen LogP contribution in [0.1, 0.15) is 58.3 Å². The molecule has 2 nitrogen and oxygen atoms in total. The molecule has 1 N–H and O–H groups in total. The molecule has 1 aromatic rings. The molecule has 2 heteroatoms. The molecule has 2 rings (SSSR count). The Kier molecular flexibility index (Phi) is 3.38. The third-order valence-electron chi connectivity index (χ3n) is 3.66. The van der Waals surface area contributed by atoms with Crippen LogP contribution in [0.25, 0.3) is 0 Å². The van der Waals surface area contributed by atoms with Gasteiger partial charge < -0.3 is 9.73 Å². The number of rotatable bonds is 3. The Morgan fingerprint density at radius 2 is 2.31 bits per heavy atom. The maximum atomic E-state index is 5.43. The lowest BCUT2D eigenvalue weighted by Crippen LogP contribution is -2.38. The molecule has 1 fully saturated rings. The van der Waals surface area contributed by atoms with Crippen molar-refractivity contribution in [1.29, 1.82) is 0 Å². The van der Waals surface area contributed by atoms with Crippen LogP contribution in [-0.2, 0) is 0 Å². The van der Waals surface area contributed by atoms with E-state index in [-0.39, 0.29) is 0 Å². The molecule has 0 bridgehead atoms. The average molecular weight is 221 g/mol. The van der Waals surface area contributed by atoms with E-state index >= 15 is 0 Å². The highest BCUT2D eigenvalue weighted by Gasteiger charge is 2.28. The highest BCUT2D eigenvalue weighted by atomic mass is 16.3. The Morgan fingerprint density at radius 3 is 2.94 bits per heavy atom. The molecule has 0 aliphatic heterocycles. The Morgan fingerprint density at radius 1 is 1.50 bits per heavy atom. The molecule has 0 aromatic carbocycles. The van der Waals surface area contributed by atoms with E-state index in [2.05, 4.69) is 26.1 Å². The van der Waals surface area contributed by atoms with Crippen molar-refractivity contribution < 1.29 is 4.42 Å². The second-order valence-corrected chi connectivity index (χ2v) is 5.86. The first-order valence-corrected chi connectivity index (χ1v) is 6.36. The highest BCUT2D eigenvalue weighted by Crippen LogP contribution is 2.35. The van der Waals surface area contributed by atoms with Gasteiger partial charge in [-0.1, -0.05) is 20.3 Å². The minimum absolute atomic E-state index is 0.328. The summed E-state index contributed by atoms with van der Waals surface area (Å²) in [5.74, 6) is 1.04. The van der Waals surface area contributed by atoms with E-state index in [1.807, 2.05) is 12.1 Å². The molecule has 1 aromatic heterocycles. The Hall–Kier alpha value is -0.760. The highest BCUT2D eigenvalue weighted by molar-refractivity contribution is 5.03. The van der Waals surface area contributed by atoms with Crippen LogP contribution in [0.5, 0.6) is 0 Å². The summed E-state index contributed by atoms with van der Waals surface area (Å²) in [5.41, 5.74) is 0.499. The standard InChI is InChI=1S/C14H23NO/c1-11(13-7-5-9-16-13)15-12-6-4-8-14(2,3)10-12/h5,7,9,11-12,15H,4,6,8,10H2,1-3H3/t11-,12?/m0/s1. The molecular formula is C14H23NO. The van der Waals surface area contributed by atoms with E-state index in [4.69, 9.17) is 4.42 Å². The third kappa shape index (κ3) is 2.88. The molecule has 1 aliphatic rings. The van der Waals surface area contributed by atoms with Crippen LogP contribution in [-0.4, -0.2) is 6.04 Å².